The Bertz CT molecular complexity index is 608. The monoisotopic (exact) mass is 358 g/mol. The van der Waals surface area contributed by atoms with Crippen LogP contribution in [-0.2, 0) is 20.7 Å². The van der Waals surface area contributed by atoms with Gasteiger partial charge >= 0.3 is 5.97 Å². The number of ketones is 1. The molecule has 26 heavy (non-hydrogen) atoms. The van der Waals surface area contributed by atoms with Crippen molar-refractivity contribution in [1.82, 2.24) is 0 Å². The fraction of sp³-hybridized carbons (Fsp3) is 0.545. The molecular formula is C22H30O4. The number of ether oxygens (including phenoxy) is 1. The molecule has 0 aromatic heterocycles. The number of Topliss-reactive ketones (excluding diaryl/α,β-unsaturated/α-hetero) is 1. The first-order valence-electron chi connectivity index (χ1n) is 9.61. The van der Waals surface area contributed by atoms with E-state index in [9.17, 15) is 14.7 Å². The van der Waals surface area contributed by atoms with Crippen LogP contribution in [0.3, 0.4) is 0 Å². The second-order valence-corrected chi connectivity index (χ2v) is 7.14. The van der Waals surface area contributed by atoms with E-state index in [0.717, 1.165) is 31.2 Å². The minimum atomic E-state index is -0.666. The number of aliphatic hydroxyl groups is 1. The molecule has 1 saturated carbocycles. The lowest BCUT2D eigenvalue weighted by atomic mass is 9.87. The zero-order valence-corrected chi connectivity index (χ0v) is 15.8. The Morgan fingerprint density at radius 3 is 2.69 bits per heavy atom. The molecule has 4 nitrogen and oxygen atoms in total. The average Bonchev–Trinajstić information content (AvgIpc) is 2.86. The first-order chi connectivity index (χ1) is 12.5. The quantitative estimate of drug-likeness (QED) is 0.413. The van der Waals surface area contributed by atoms with Crippen LogP contribution in [0.4, 0.5) is 0 Å². The van der Waals surface area contributed by atoms with Crippen molar-refractivity contribution in [2.24, 2.45) is 11.8 Å². The summed E-state index contributed by atoms with van der Waals surface area (Å²) in [5, 5.41) is 10.3. The summed E-state index contributed by atoms with van der Waals surface area (Å²) in [7, 11) is 0. The molecule has 0 amide bonds. The molecule has 1 aliphatic rings. The van der Waals surface area contributed by atoms with Gasteiger partial charge in [0, 0.05) is 25.2 Å². The van der Waals surface area contributed by atoms with Gasteiger partial charge in [0.1, 0.15) is 11.9 Å². The third-order valence-electron chi connectivity index (χ3n) is 4.99. The van der Waals surface area contributed by atoms with Crippen molar-refractivity contribution in [3.05, 3.63) is 48.0 Å². The van der Waals surface area contributed by atoms with Gasteiger partial charge < -0.3 is 9.84 Å². The summed E-state index contributed by atoms with van der Waals surface area (Å²) in [5.41, 5.74) is 1.10. The average molecular weight is 358 g/mol. The fourth-order valence-electron chi connectivity index (χ4n) is 3.61. The van der Waals surface area contributed by atoms with Gasteiger partial charge in [0.15, 0.2) is 0 Å². The molecule has 1 aromatic carbocycles. The molecule has 0 aliphatic heterocycles. The van der Waals surface area contributed by atoms with Gasteiger partial charge in [-0.05, 0) is 30.9 Å². The van der Waals surface area contributed by atoms with E-state index in [1.165, 1.54) is 6.92 Å². The number of rotatable bonds is 9. The highest BCUT2D eigenvalue weighted by Crippen LogP contribution is 2.33. The van der Waals surface area contributed by atoms with E-state index in [2.05, 4.69) is 6.92 Å². The van der Waals surface area contributed by atoms with Crippen molar-refractivity contribution in [3.63, 3.8) is 0 Å². The van der Waals surface area contributed by atoms with Crippen molar-refractivity contribution in [3.8, 4) is 0 Å². The normalized spacial score (nSPS) is 24.1. The SMILES string of the molecule is CCCCC[C@@H](C=C[C@H]1[C@H](O)CC(=O)[C@@H]1Cc1ccccc1)OC(C)=O. The molecule has 0 bridgehead atoms. The number of esters is 1. The fourth-order valence-corrected chi connectivity index (χ4v) is 3.61. The summed E-state index contributed by atoms with van der Waals surface area (Å²) >= 11 is 0. The van der Waals surface area contributed by atoms with Crippen LogP contribution < -0.4 is 0 Å². The van der Waals surface area contributed by atoms with Gasteiger partial charge in [0.2, 0.25) is 0 Å². The molecule has 2 rings (SSSR count). The minimum absolute atomic E-state index is 0.103. The van der Waals surface area contributed by atoms with Gasteiger partial charge in [-0.15, -0.1) is 0 Å². The third kappa shape index (κ3) is 6.10. The van der Waals surface area contributed by atoms with E-state index in [1.807, 2.05) is 42.5 Å². The molecule has 1 N–H and O–H groups in total. The molecule has 0 radical (unpaired) electrons. The van der Waals surface area contributed by atoms with Gasteiger partial charge in [-0.25, -0.2) is 0 Å². The van der Waals surface area contributed by atoms with E-state index in [4.69, 9.17) is 4.74 Å². The first kappa shape index (κ1) is 20.4. The van der Waals surface area contributed by atoms with Gasteiger partial charge in [-0.3, -0.25) is 9.59 Å². The second kappa shape index (κ2) is 10.3. The van der Waals surface area contributed by atoms with Gasteiger partial charge in [-0.1, -0.05) is 56.2 Å². The van der Waals surface area contributed by atoms with E-state index in [0.29, 0.717) is 6.42 Å². The second-order valence-electron chi connectivity index (χ2n) is 7.14. The van der Waals surface area contributed by atoms with Crippen LogP contribution in [0.5, 0.6) is 0 Å². The zero-order valence-electron chi connectivity index (χ0n) is 15.8. The van der Waals surface area contributed by atoms with Crippen molar-refractivity contribution in [1.29, 1.82) is 0 Å². The summed E-state index contributed by atoms with van der Waals surface area (Å²) in [6, 6.07) is 9.88. The maximum absolute atomic E-state index is 12.4. The Hall–Kier alpha value is -1.94. The lowest BCUT2D eigenvalue weighted by Gasteiger charge is -2.19. The van der Waals surface area contributed by atoms with Crippen LogP contribution in [0.15, 0.2) is 42.5 Å². The topological polar surface area (TPSA) is 63.6 Å². The van der Waals surface area contributed by atoms with Crippen LogP contribution in [0, 0.1) is 11.8 Å². The number of hydrogen-bond acceptors (Lipinski definition) is 4. The summed E-state index contributed by atoms with van der Waals surface area (Å²) in [6.45, 7) is 3.54. The van der Waals surface area contributed by atoms with Crippen molar-refractivity contribution < 1.29 is 19.4 Å². The van der Waals surface area contributed by atoms with Crippen LogP contribution in [0.2, 0.25) is 0 Å². The number of aliphatic hydroxyl groups excluding tert-OH is 1. The number of benzene rings is 1. The molecule has 142 valence electrons. The Kier molecular flexibility index (Phi) is 8.05. The number of hydrogen-bond donors (Lipinski definition) is 1. The molecule has 0 heterocycles. The minimum Gasteiger partial charge on any atom is -0.458 e. The largest absolute Gasteiger partial charge is 0.458 e. The van der Waals surface area contributed by atoms with Crippen molar-refractivity contribution in [2.75, 3.05) is 0 Å². The maximum Gasteiger partial charge on any atom is 0.303 e. The van der Waals surface area contributed by atoms with Crippen molar-refractivity contribution >= 4 is 11.8 Å². The van der Waals surface area contributed by atoms with E-state index in [-0.39, 0.29) is 36.1 Å². The lowest BCUT2D eigenvalue weighted by molar-refractivity contribution is -0.144. The Balaban J connectivity index is 2.07. The Morgan fingerprint density at radius 1 is 1.31 bits per heavy atom. The molecule has 4 heteroatoms. The highest BCUT2D eigenvalue weighted by atomic mass is 16.5. The summed E-state index contributed by atoms with van der Waals surface area (Å²) in [5.74, 6) is -0.657. The standard InChI is InChI=1S/C22H30O4/c1-3-4-6-11-18(26-16(2)23)12-13-19-20(22(25)15-21(19)24)14-17-9-7-5-8-10-17/h5,7-10,12-13,18-21,24H,3-4,6,11,14-15H2,1-2H3/t18-,19+,20+,21+/m0/s1. The van der Waals surface area contributed by atoms with Gasteiger partial charge in [-0.2, -0.15) is 0 Å². The third-order valence-corrected chi connectivity index (χ3v) is 4.99. The summed E-state index contributed by atoms with van der Waals surface area (Å²) < 4.78 is 5.38. The number of carbonyl (C=O) groups excluding carboxylic acids is 2. The first-order valence-corrected chi connectivity index (χ1v) is 9.61. The Labute approximate surface area is 156 Å². The number of carbonyl (C=O) groups is 2. The van der Waals surface area contributed by atoms with E-state index < -0.39 is 6.10 Å². The predicted octanol–water partition coefficient (Wildman–Crippen LogP) is 3.86. The number of unbranched alkanes of at least 4 members (excludes halogenated alkanes) is 2. The summed E-state index contributed by atoms with van der Waals surface area (Å²) in [6.07, 6.45) is 7.56. The molecular weight excluding hydrogens is 328 g/mol. The molecule has 0 saturated heterocycles. The molecule has 4 atom stereocenters. The molecule has 1 fully saturated rings. The van der Waals surface area contributed by atoms with E-state index >= 15 is 0 Å². The van der Waals surface area contributed by atoms with Crippen LogP contribution >= 0.6 is 0 Å². The molecule has 1 aliphatic carbocycles. The van der Waals surface area contributed by atoms with E-state index in [1.54, 1.807) is 0 Å². The van der Waals surface area contributed by atoms with Gasteiger partial charge in [0.05, 0.1) is 6.10 Å². The maximum atomic E-state index is 12.4. The Morgan fingerprint density at radius 2 is 2.04 bits per heavy atom. The predicted molar refractivity (Wildman–Crippen MR) is 102 cm³/mol. The molecule has 0 spiro atoms. The highest BCUT2D eigenvalue weighted by Gasteiger charge is 2.39. The smallest absolute Gasteiger partial charge is 0.303 e. The highest BCUT2D eigenvalue weighted by molar-refractivity contribution is 5.85. The molecule has 0 unspecified atom stereocenters. The van der Waals surface area contributed by atoms with Gasteiger partial charge in [0.25, 0.3) is 0 Å². The molecule has 1 aromatic rings. The lowest BCUT2D eigenvalue weighted by Crippen LogP contribution is -2.22. The van der Waals surface area contributed by atoms with Crippen LogP contribution in [0.25, 0.3) is 0 Å². The van der Waals surface area contributed by atoms with Crippen LogP contribution in [-0.4, -0.2) is 29.1 Å². The zero-order chi connectivity index (χ0) is 18.9. The summed E-state index contributed by atoms with van der Waals surface area (Å²) in [4.78, 5) is 23.7. The van der Waals surface area contributed by atoms with Crippen molar-refractivity contribution in [2.45, 2.75) is 64.6 Å². The van der Waals surface area contributed by atoms with Crippen LogP contribution in [0.1, 0.15) is 51.5 Å².